The highest BCUT2D eigenvalue weighted by Gasteiger charge is 2.15. The summed E-state index contributed by atoms with van der Waals surface area (Å²) in [5.41, 5.74) is 5.27. The summed E-state index contributed by atoms with van der Waals surface area (Å²) in [6.07, 6.45) is -0.422. The van der Waals surface area contributed by atoms with Crippen LogP contribution < -0.4 is 5.73 Å². The second-order valence-corrected chi connectivity index (χ2v) is 4.89. The Bertz CT molecular complexity index is 442. The molecule has 0 aromatic heterocycles. The highest BCUT2D eigenvalue weighted by molar-refractivity contribution is 7.90. The van der Waals surface area contributed by atoms with Crippen LogP contribution in [0.25, 0.3) is 0 Å². The van der Waals surface area contributed by atoms with Crippen LogP contribution in [0.2, 0.25) is 0 Å². The van der Waals surface area contributed by atoms with Crippen LogP contribution in [0, 0.1) is 5.82 Å². The monoisotopic (exact) mass is 219 g/mol. The molecular formula is C8H10FNO3S. The van der Waals surface area contributed by atoms with Gasteiger partial charge in [-0.15, -0.1) is 0 Å². The highest BCUT2D eigenvalue weighted by Crippen LogP contribution is 2.18. The van der Waals surface area contributed by atoms with Crippen molar-refractivity contribution in [3.8, 4) is 0 Å². The van der Waals surface area contributed by atoms with E-state index in [2.05, 4.69) is 0 Å². The third-order valence-electron chi connectivity index (χ3n) is 1.70. The standard InChI is InChI=1S/C8H10FNO3S/c1-14(12,13)7-4-5(8(10)11)2-3-6(7)9/h2-4,8,11H,10H2,1H3. The molecular weight excluding hydrogens is 209 g/mol. The number of aliphatic hydroxyl groups excluding tert-OH is 1. The van der Waals surface area contributed by atoms with Crippen LogP contribution in [0.5, 0.6) is 0 Å². The largest absolute Gasteiger partial charge is 0.375 e. The summed E-state index contributed by atoms with van der Waals surface area (Å²) < 4.78 is 35.2. The van der Waals surface area contributed by atoms with Gasteiger partial charge in [-0.25, -0.2) is 12.8 Å². The van der Waals surface area contributed by atoms with E-state index >= 15 is 0 Å². The predicted octanol–water partition coefficient (Wildman–Crippen LogP) is 0.179. The van der Waals surface area contributed by atoms with Gasteiger partial charge in [-0.1, -0.05) is 6.07 Å². The van der Waals surface area contributed by atoms with Crippen LogP contribution in [0.4, 0.5) is 4.39 Å². The first-order valence-corrected chi connectivity index (χ1v) is 5.64. The van der Waals surface area contributed by atoms with Crippen molar-refractivity contribution in [2.45, 2.75) is 11.1 Å². The molecule has 6 heteroatoms. The molecule has 1 aromatic rings. The second kappa shape index (κ2) is 3.64. The summed E-state index contributed by atoms with van der Waals surface area (Å²) in [5, 5.41) is 8.97. The molecule has 0 radical (unpaired) electrons. The molecule has 0 heterocycles. The van der Waals surface area contributed by atoms with E-state index in [1.54, 1.807) is 0 Å². The van der Waals surface area contributed by atoms with Crippen molar-refractivity contribution in [2.75, 3.05) is 6.26 Å². The highest BCUT2D eigenvalue weighted by atomic mass is 32.2. The maximum absolute atomic E-state index is 13.0. The fourth-order valence-electron chi connectivity index (χ4n) is 0.988. The normalized spacial score (nSPS) is 14.0. The van der Waals surface area contributed by atoms with E-state index in [0.717, 1.165) is 18.4 Å². The molecule has 14 heavy (non-hydrogen) atoms. The van der Waals surface area contributed by atoms with Crippen molar-refractivity contribution in [2.24, 2.45) is 5.73 Å². The van der Waals surface area contributed by atoms with Crippen molar-refractivity contribution in [1.82, 2.24) is 0 Å². The Hall–Kier alpha value is -0.980. The van der Waals surface area contributed by atoms with Gasteiger partial charge in [-0.2, -0.15) is 0 Å². The fraction of sp³-hybridized carbons (Fsp3) is 0.250. The molecule has 0 aliphatic rings. The first-order chi connectivity index (χ1) is 6.32. The molecule has 1 aromatic carbocycles. The molecule has 78 valence electrons. The van der Waals surface area contributed by atoms with E-state index in [1.165, 1.54) is 6.07 Å². The SMILES string of the molecule is CS(=O)(=O)c1cc(C(N)O)ccc1F. The van der Waals surface area contributed by atoms with Crippen molar-refractivity contribution >= 4 is 9.84 Å². The maximum Gasteiger partial charge on any atom is 0.178 e. The average molecular weight is 219 g/mol. The van der Waals surface area contributed by atoms with E-state index in [4.69, 9.17) is 10.8 Å². The second-order valence-electron chi connectivity index (χ2n) is 2.91. The molecule has 0 amide bonds. The zero-order valence-electron chi connectivity index (χ0n) is 7.44. The van der Waals surface area contributed by atoms with Crippen LogP contribution in [-0.4, -0.2) is 19.8 Å². The summed E-state index contributed by atoms with van der Waals surface area (Å²) in [7, 11) is -3.63. The molecule has 0 saturated heterocycles. The van der Waals surface area contributed by atoms with E-state index in [9.17, 15) is 12.8 Å². The summed E-state index contributed by atoms with van der Waals surface area (Å²) in [6.45, 7) is 0. The molecule has 0 fully saturated rings. The smallest absolute Gasteiger partial charge is 0.178 e. The van der Waals surface area contributed by atoms with E-state index < -0.39 is 26.8 Å². The van der Waals surface area contributed by atoms with Gasteiger partial charge in [0.25, 0.3) is 0 Å². The van der Waals surface area contributed by atoms with Crippen LogP contribution in [0.15, 0.2) is 23.1 Å². The zero-order valence-corrected chi connectivity index (χ0v) is 8.25. The molecule has 0 aliphatic heterocycles. The molecule has 4 nitrogen and oxygen atoms in total. The number of hydrogen-bond acceptors (Lipinski definition) is 4. The predicted molar refractivity (Wildman–Crippen MR) is 48.7 cm³/mol. The average Bonchev–Trinajstić information content (AvgIpc) is 2.02. The summed E-state index contributed by atoms with van der Waals surface area (Å²) in [5.74, 6) is -0.850. The van der Waals surface area contributed by atoms with E-state index in [1.807, 2.05) is 0 Å². The lowest BCUT2D eigenvalue weighted by atomic mass is 10.2. The molecule has 0 aliphatic carbocycles. The van der Waals surface area contributed by atoms with E-state index in [0.29, 0.717) is 0 Å². The van der Waals surface area contributed by atoms with Gasteiger partial charge in [0.05, 0.1) is 0 Å². The van der Waals surface area contributed by atoms with Crippen LogP contribution in [-0.2, 0) is 9.84 Å². The minimum absolute atomic E-state index is 0.159. The zero-order chi connectivity index (χ0) is 10.9. The third-order valence-corrected chi connectivity index (χ3v) is 2.81. The Balaban J connectivity index is 3.37. The summed E-state index contributed by atoms with van der Waals surface area (Å²) in [6, 6.07) is 3.21. The van der Waals surface area contributed by atoms with Crippen LogP contribution in [0.3, 0.4) is 0 Å². The van der Waals surface area contributed by atoms with Gasteiger partial charge in [0, 0.05) is 6.26 Å². The first-order valence-electron chi connectivity index (χ1n) is 3.75. The van der Waals surface area contributed by atoms with Gasteiger partial charge >= 0.3 is 0 Å². The maximum atomic E-state index is 13.0. The lowest BCUT2D eigenvalue weighted by molar-refractivity contribution is 0.186. The van der Waals surface area contributed by atoms with Crippen LogP contribution in [0.1, 0.15) is 11.8 Å². The Morgan fingerprint density at radius 2 is 2.07 bits per heavy atom. The molecule has 1 rings (SSSR count). The topological polar surface area (TPSA) is 80.4 Å². The third kappa shape index (κ3) is 2.28. The van der Waals surface area contributed by atoms with Gasteiger partial charge in [0.2, 0.25) is 0 Å². The number of nitrogens with two attached hydrogens (primary N) is 1. The molecule has 0 bridgehead atoms. The number of rotatable bonds is 2. The van der Waals surface area contributed by atoms with E-state index in [-0.39, 0.29) is 5.56 Å². The van der Waals surface area contributed by atoms with Crippen LogP contribution >= 0.6 is 0 Å². The van der Waals surface area contributed by atoms with Crippen molar-refractivity contribution < 1.29 is 17.9 Å². The van der Waals surface area contributed by atoms with Gasteiger partial charge in [0.15, 0.2) is 9.84 Å². The Morgan fingerprint density at radius 3 is 2.50 bits per heavy atom. The minimum Gasteiger partial charge on any atom is -0.375 e. The summed E-state index contributed by atoms with van der Waals surface area (Å²) >= 11 is 0. The van der Waals surface area contributed by atoms with Crippen molar-refractivity contribution in [1.29, 1.82) is 0 Å². The quantitative estimate of drug-likeness (QED) is 0.695. The van der Waals surface area contributed by atoms with Gasteiger partial charge in [0.1, 0.15) is 16.9 Å². The molecule has 0 saturated carbocycles. The van der Waals surface area contributed by atoms with Gasteiger partial charge < -0.3 is 10.8 Å². The van der Waals surface area contributed by atoms with Crippen molar-refractivity contribution in [3.05, 3.63) is 29.6 Å². The Labute approximate surface area is 81.1 Å². The lowest BCUT2D eigenvalue weighted by Crippen LogP contribution is -2.10. The molecule has 3 N–H and O–H groups in total. The number of halogens is 1. The molecule has 1 unspecified atom stereocenters. The minimum atomic E-state index is -3.63. The Morgan fingerprint density at radius 1 is 1.50 bits per heavy atom. The number of aliphatic hydroxyl groups is 1. The van der Waals surface area contributed by atoms with Crippen molar-refractivity contribution in [3.63, 3.8) is 0 Å². The lowest BCUT2D eigenvalue weighted by Gasteiger charge is -2.07. The van der Waals surface area contributed by atoms with Gasteiger partial charge in [-0.05, 0) is 17.7 Å². The first kappa shape index (κ1) is 11.1. The molecule has 1 atom stereocenters. The number of hydrogen-bond donors (Lipinski definition) is 2. The Kier molecular flexibility index (Phi) is 2.89. The number of benzene rings is 1. The van der Waals surface area contributed by atoms with Gasteiger partial charge in [-0.3, -0.25) is 0 Å². The fourth-order valence-corrected chi connectivity index (χ4v) is 1.76. The molecule has 0 spiro atoms. The number of sulfone groups is 1. The summed E-state index contributed by atoms with van der Waals surface area (Å²) in [4.78, 5) is -0.459.